The SMILES string of the molecule is CC(=O)OCCN(C)C(=O)Cl.CC(=O)OCCN(C)C(=O)Oc1ccc(C=O)cc1.CC(=O)OCCN(C)Cc1ccccc1.CCCCO.CN(CCO)Cc1ccccc1. The van der Waals surface area contributed by atoms with Crippen molar-refractivity contribution in [2.75, 3.05) is 87.4 Å². The highest BCUT2D eigenvalue weighted by Crippen LogP contribution is 2.12. The van der Waals surface area contributed by atoms with Gasteiger partial charge in [0.15, 0.2) is 0 Å². The van der Waals surface area contributed by atoms with E-state index in [1.54, 1.807) is 12.1 Å². The molecule has 17 heteroatoms. The molecule has 2 amide bonds. The van der Waals surface area contributed by atoms with Gasteiger partial charge in [-0.25, -0.2) is 4.79 Å². The van der Waals surface area contributed by atoms with Crippen LogP contribution in [-0.4, -0.2) is 153 Å². The van der Waals surface area contributed by atoms with E-state index in [0.717, 1.165) is 39.0 Å². The number of halogens is 1. The lowest BCUT2D eigenvalue weighted by Crippen LogP contribution is -2.32. The molecule has 0 bridgehead atoms. The minimum absolute atomic E-state index is 0.116. The lowest BCUT2D eigenvalue weighted by molar-refractivity contribution is -0.142. The van der Waals surface area contributed by atoms with Crippen molar-refractivity contribution in [1.82, 2.24) is 19.6 Å². The van der Waals surface area contributed by atoms with Gasteiger partial charge < -0.3 is 39.0 Å². The number of hydrogen-bond donors (Lipinski definition) is 2. The molecule has 0 aliphatic carbocycles. The number of likely N-dealkylation sites (N-methyl/N-ethyl adjacent to an activating group) is 4. The molecule has 2 N–H and O–H groups in total. The number of aliphatic hydroxyl groups is 2. The average molecular weight is 891 g/mol. The van der Waals surface area contributed by atoms with Crippen LogP contribution in [-0.2, 0) is 41.7 Å². The van der Waals surface area contributed by atoms with Crippen LogP contribution in [0.15, 0.2) is 84.9 Å². The van der Waals surface area contributed by atoms with Gasteiger partial charge in [0.1, 0.15) is 31.9 Å². The fourth-order valence-corrected chi connectivity index (χ4v) is 4.33. The summed E-state index contributed by atoms with van der Waals surface area (Å²) in [6.07, 6.45) is 2.18. The number of nitrogens with zero attached hydrogens (tertiary/aromatic N) is 4. The molecule has 62 heavy (non-hydrogen) atoms. The third-order valence-electron chi connectivity index (χ3n) is 7.66. The van der Waals surface area contributed by atoms with E-state index in [0.29, 0.717) is 37.4 Å². The normalized spacial score (nSPS) is 9.76. The van der Waals surface area contributed by atoms with Gasteiger partial charge in [0.05, 0.1) is 19.7 Å². The van der Waals surface area contributed by atoms with Crippen LogP contribution in [0.3, 0.4) is 0 Å². The third kappa shape index (κ3) is 36.5. The number of hydrogen-bond acceptors (Lipinski definition) is 14. The first-order chi connectivity index (χ1) is 29.5. The number of unbranched alkanes of at least 4 members (excludes halogenated alkanes) is 1. The van der Waals surface area contributed by atoms with Crippen molar-refractivity contribution in [2.45, 2.75) is 53.6 Å². The van der Waals surface area contributed by atoms with Crippen LogP contribution >= 0.6 is 11.6 Å². The molecule has 0 unspecified atom stereocenters. The monoisotopic (exact) mass is 890 g/mol. The van der Waals surface area contributed by atoms with Gasteiger partial charge in [0, 0.05) is 73.2 Å². The fourth-order valence-electron chi connectivity index (χ4n) is 4.25. The number of rotatable bonds is 19. The quantitative estimate of drug-likeness (QED) is 0.0475. The van der Waals surface area contributed by atoms with Gasteiger partial charge in [-0.05, 0) is 67.5 Å². The molecule has 0 saturated carbocycles. The van der Waals surface area contributed by atoms with E-state index < -0.39 is 17.4 Å². The first-order valence-electron chi connectivity index (χ1n) is 19.9. The highest BCUT2D eigenvalue weighted by atomic mass is 35.5. The number of aliphatic hydroxyl groups excluding tert-OH is 2. The zero-order chi connectivity index (χ0) is 47.1. The van der Waals surface area contributed by atoms with Gasteiger partial charge in [0.2, 0.25) is 0 Å². The van der Waals surface area contributed by atoms with Gasteiger partial charge in [-0.2, -0.15) is 0 Å². The van der Waals surface area contributed by atoms with Gasteiger partial charge in [-0.1, -0.05) is 74.0 Å². The van der Waals surface area contributed by atoms with Crippen molar-refractivity contribution < 1.29 is 57.9 Å². The van der Waals surface area contributed by atoms with Crippen molar-refractivity contribution in [3.63, 3.8) is 0 Å². The van der Waals surface area contributed by atoms with Gasteiger partial charge in [-0.15, -0.1) is 0 Å². The summed E-state index contributed by atoms with van der Waals surface area (Å²) in [6, 6.07) is 26.6. The first-order valence-corrected chi connectivity index (χ1v) is 20.3. The topological polar surface area (TPSA) is 193 Å². The Kier molecular flexibility index (Phi) is 36.5. The zero-order valence-corrected chi connectivity index (χ0v) is 38.3. The van der Waals surface area contributed by atoms with E-state index in [2.05, 4.69) is 45.7 Å². The van der Waals surface area contributed by atoms with E-state index in [1.807, 2.05) is 50.5 Å². The predicted octanol–water partition coefficient (Wildman–Crippen LogP) is 5.90. The van der Waals surface area contributed by atoms with E-state index in [1.165, 1.54) is 67.9 Å². The standard InChI is InChI=1S/C13H15NO5.C12H17NO2.C10H15NO.C6H10ClNO3.C4H10O/c1-10(16)18-8-7-14(2)13(17)19-12-5-3-11(9-15)4-6-12;1-11(14)15-9-8-13(2)10-12-6-4-3-5-7-12;1-11(7-8-12)9-10-5-3-2-4-6-10;1-5(9)11-4-3-8(2)6(7)10;1-2-3-4-5/h3-6,9H,7-8H2,1-2H3;3-7H,8-10H2,1-2H3;2-6,12H,7-9H2,1H3;3-4H2,1-2H3;5H,2-4H2,1H3. The molecule has 0 radical (unpaired) electrons. The number of benzene rings is 3. The number of amides is 2. The molecule has 16 nitrogen and oxygen atoms in total. The highest BCUT2D eigenvalue weighted by Gasteiger charge is 2.11. The van der Waals surface area contributed by atoms with Crippen LogP contribution < -0.4 is 4.74 Å². The Morgan fingerprint density at radius 2 is 1.02 bits per heavy atom. The van der Waals surface area contributed by atoms with Crippen molar-refractivity contribution in [3.8, 4) is 5.75 Å². The summed E-state index contributed by atoms with van der Waals surface area (Å²) < 4.78 is 19.2. The lowest BCUT2D eigenvalue weighted by atomic mass is 10.2. The summed E-state index contributed by atoms with van der Waals surface area (Å²) >= 11 is 5.09. The first kappa shape index (κ1) is 58.7. The van der Waals surface area contributed by atoms with Crippen LogP contribution in [0.25, 0.3) is 0 Å². The number of ether oxygens (including phenoxy) is 4. The molecule has 3 rings (SSSR count). The summed E-state index contributed by atoms with van der Waals surface area (Å²) in [7, 11) is 7.07. The van der Waals surface area contributed by atoms with Gasteiger partial charge in [0.25, 0.3) is 0 Å². The molecule has 0 aromatic heterocycles. The molecule has 0 fully saturated rings. The van der Waals surface area contributed by atoms with Gasteiger partial charge >= 0.3 is 29.4 Å². The Bertz CT molecular complexity index is 1630. The summed E-state index contributed by atoms with van der Waals surface area (Å²) in [5.41, 5.74) is 3.05. The van der Waals surface area contributed by atoms with Crippen LogP contribution in [0.4, 0.5) is 9.59 Å². The van der Waals surface area contributed by atoms with Crippen LogP contribution in [0, 0.1) is 0 Å². The number of carbonyl (C=O) groups excluding carboxylic acids is 6. The molecular formula is C45H67ClN4O12. The Labute approximate surface area is 372 Å². The summed E-state index contributed by atoms with van der Waals surface area (Å²) in [5, 5.41) is 16.2. The fraction of sp³-hybridized carbons (Fsp3) is 0.467. The smallest absolute Gasteiger partial charge is 0.415 e. The molecule has 0 heterocycles. The second kappa shape index (κ2) is 38.5. The summed E-state index contributed by atoms with van der Waals surface area (Å²) in [6.45, 7) is 11.2. The second-order valence-electron chi connectivity index (χ2n) is 13.4. The van der Waals surface area contributed by atoms with Crippen LogP contribution in [0.1, 0.15) is 62.0 Å². The van der Waals surface area contributed by atoms with Crippen molar-refractivity contribution in [3.05, 3.63) is 102 Å². The van der Waals surface area contributed by atoms with E-state index in [4.69, 9.17) is 36.0 Å². The largest absolute Gasteiger partial charge is 0.465 e. The van der Waals surface area contributed by atoms with Crippen LogP contribution in [0.2, 0.25) is 0 Å². The highest BCUT2D eigenvalue weighted by molar-refractivity contribution is 6.62. The number of carbonyl (C=O) groups is 6. The Morgan fingerprint density at radius 3 is 1.37 bits per heavy atom. The van der Waals surface area contributed by atoms with Crippen molar-refractivity contribution in [2.24, 2.45) is 0 Å². The van der Waals surface area contributed by atoms with E-state index in [9.17, 15) is 28.8 Å². The van der Waals surface area contributed by atoms with Crippen LogP contribution in [0.5, 0.6) is 5.75 Å². The minimum Gasteiger partial charge on any atom is -0.465 e. The zero-order valence-electron chi connectivity index (χ0n) is 37.5. The average Bonchev–Trinajstić information content (AvgIpc) is 3.22. The Hall–Kier alpha value is -5.39. The minimum atomic E-state index is -0.564. The molecule has 0 aliphatic rings. The summed E-state index contributed by atoms with van der Waals surface area (Å²) in [5.74, 6) is -0.635. The molecule has 3 aromatic carbocycles. The van der Waals surface area contributed by atoms with Crippen molar-refractivity contribution in [1.29, 1.82) is 0 Å². The maximum absolute atomic E-state index is 11.6. The molecule has 0 aliphatic heterocycles. The van der Waals surface area contributed by atoms with E-state index in [-0.39, 0.29) is 38.3 Å². The molecule has 0 saturated heterocycles. The lowest BCUT2D eigenvalue weighted by Gasteiger charge is -2.16. The van der Waals surface area contributed by atoms with E-state index >= 15 is 0 Å². The molecular weight excluding hydrogens is 824 g/mol. The third-order valence-corrected chi connectivity index (χ3v) is 7.95. The predicted molar refractivity (Wildman–Crippen MR) is 239 cm³/mol. The Morgan fingerprint density at radius 1 is 0.597 bits per heavy atom. The van der Waals surface area contributed by atoms with Crippen molar-refractivity contribution >= 4 is 47.3 Å². The van der Waals surface area contributed by atoms with Gasteiger partial charge in [-0.3, -0.25) is 33.8 Å². The summed E-state index contributed by atoms with van der Waals surface area (Å²) in [4.78, 5) is 70.6. The maximum atomic E-state index is 11.6. The maximum Gasteiger partial charge on any atom is 0.415 e. The number of aldehydes is 1. The molecule has 0 spiro atoms. The Balaban J connectivity index is 0. The molecule has 346 valence electrons. The second-order valence-corrected chi connectivity index (χ2v) is 13.7. The molecule has 0 atom stereocenters. The molecule has 3 aromatic rings. The number of esters is 3.